The molecule has 29 heavy (non-hydrogen) atoms. The fraction of sp³-hybridized carbons (Fsp3) is 0.708. The van der Waals surface area contributed by atoms with Crippen molar-refractivity contribution in [1.29, 1.82) is 0 Å². The van der Waals surface area contributed by atoms with Crippen molar-refractivity contribution >= 4 is 17.7 Å². The van der Waals surface area contributed by atoms with Crippen molar-refractivity contribution in [1.82, 2.24) is 0 Å². The van der Waals surface area contributed by atoms with Crippen LogP contribution in [0.1, 0.15) is 71.1 Å². The summed E-state index contributed by atoms with van der Waals surface area (Å²) in [5.74, 6) is 3.68. The van der Waals surface area contributed by atoms with Crippen molar-refractivity contribution in [2.45, 2.75) is 76.7 Å². The van der Waals surface area contributed by atoms with Gasteiger partial charge in [0.2, 0.25) is 0 Å². The first-order valence-corrected chi connectivity index (χ1v) is 10.9. The first-order valence-electron chi connectivity index (χ1n) is 10.9. The number of carboxylic acid groups (broad SMARTS) is 1. The highest BCUT2D eigenvalue weighted by Crippen LogP contribution is 2.65. The molecule has 0 aliphatic heterocycles. The normalized spacial score (nSPS) is 40.7. The first-order chi connectivity index (χ1) is 13.8. The summed E-state index contributed by atoms with van der Waals surface area (Å²) in [4.78, 5) is 35.0. The monoisotopic (exact) mass is 398 g/mol. The lowest BCUT2D eigenvalue weighted by molar-refractivity contribution is -0.171. The van der Waals surface area contributed by atoms with Crippen molar-refractivity contribution in [3.8, 4) is 12.3 Å². The molecule has 6 atom stereocenters. The van der Waals surface area contributed by atoms with Crippen LogP contribution >= 0.6 is 0 Å². The van der Waals surface area contributed by atoms with E-state index in [1.54, 1.807) is 0 Å². The Morgan fingerprint density at radius 1 is 1.17 bits per heavy atom. The summed E-state index contributed by atoms with van der Waals surface area (Å²) in [6, 6.07) is 0. The topological polar surface area (TPSA) is 80.7 Å². The number of carboxylic acids is 1. The highest BCUT2D eigenvalue weighted by Gasteiger charge is 2.64. The van der Waals surface area contributed by atoms with Gasteiger partial charge in [0.05, 0.1) is 12.8 Å². The van der Waals surface area contributed by atoms with E-state index in [0.29, 0.717) is 36.5 Å². The Bertz CT molecular complexity index is 805. The molecule has 4 aliphatic rings. The predicted octanol–water partition coefficient (Wildman–Crippen LogP) is 3.91. The summed E-state index contributed by atoms with van der Waals surface area (Å²) in [7, 11) is 0. The molecular formula is C24H30O5. The third-order valence-electron chi connectivity index (χ3n) is 8.48. The number of aliphatic carboxylic acids is 1. The van der Waals surface area contributed by atoms with Crippen molar-refractivity contribution in [2.24, 2.45) is 29.1 Å². The van der Waals surface area contributed by atoms with Crippen LogP contribution in [-0.2, 0) is 19.1 Å². The van der Waals surface area contributed by atoms with Gasteiger partial charge in [0.25, 0.3) is 0 Å². The van der Waals surface area contributed by atoms with Gasteiger partial charge in [-0.1, -0.05) is 18.4 Å². The van der Waals surface area contributed by atoms with Crippen LogP contribution < -0.4 is 0 Å². The molecule has 1 N–H and O–H groups in total. The molecule has 0 radical (unpaired) electrons. The number of hydrogen-bond acceptors (Lipinski definition) is 4. The molecule has 0 saturated heterocycles. The Labute approximate surface area is 172 Å². The zero-order valence-electron chi connectivity index (χ0n) is 17.1. The molecule has 0 heterocycles. The van der Waals surface area contributed by atoms with E-state index in [4.69, 9.17) is 16.3 Å². The van der Waals surface area contributed by atoms with E-state index in [1.165, 1.54) is 5.57 Å². The van der Waals surface area contributed by atoms with Crippen LogP contribution in [0.3, 0.4) is 0 Å². The van der Waals surface area contributed by atoms with Crippen LogP contribution in [0.2, 0.25) is 0 Å². The van der Waals surface area contributed by atoms with Gasteiger partial charge in [0.1, 0.15) is 0 Å². The Balaban J connectivity index is 1.55. The summed E-state index contributed by atoms with van der Waals surface area (Å²) in [6.45, 7) is 2.18. The summed E-state index contributed by atoms with van der Waals surface area (Å²) in [5, 5.41) is 8.85. The number of carbonyl (C=O) groups excluding carboxylic acids is 2. The van der Waals surface area contributed by atoms with Crippen molar-refractivity contribution < 1.29 is 24.2 Å². The molecule has 5 nitrogen and oxygen atoms in total. The maximum Gasteiger partial charge on any atom is 0.307 e. The molecule has 3 fully saturated rings. The molecule has 4 rings (SSSR count). The molecule has 0 aromatic heterocycles. The Hall–Kier alpha value is -2.09. The second-order valence-electron chi connectivity index (χ2n) is 9.64. The lowest BCUT2D eigenvalue weighted by atomic mass is 9.50. The molecule has 4 unspecified atom stereocenters. The average Bonchev–Trinajstić information content (AvgIpc) is 2.98. The van der Waals surface area contributed by atoms with Gasteiger partial charge in [0.15, 0.2) is 11.4 Å². The Morgan fingerprint density at radius 3 is 2.69 bits per heavy atom. The zero-order valence-corrected chi connectivity index (χ0v) is 17.1. The largest absolute Gasteiger partial charge is 0.481 e. The maximum atomic E-state index is 12.4. The summed E-state index contributed by atoms with van der Waals surface area (Å²) < 4.78 is 5.88. The first kappa shape index (κ1) is 20.2. The number of rotatable bonds is 4. The summed E-state index contributed by atoms with van der Waals surface area (Å²) in [6.07, 6.45) is 14.7. The van der Waals surface area contributed by atoms with E-state index >= 15 is 0 Å². The number of ether oxygens (including phenoxy) is 1. The number of fused-ring (bicyclic) bond motifs is 5. The van der Waals surface area contributed by atoms with Crippen molar-refractivity contribution in [3.63, 3.8) is 0 Å². The minimum Gasteiger partial charge on any atom is -0.481 e. The molecule has 0 aromatic carbocycles. The van der Waals surface area contributed by atoms with Gasteiger partial charge in [-0.15, -0.1) is 6.42 Å². The van der Waals surface area contributed by atoms with Crippen LogP contribution in [0.15, 0.2) is 11.6 Å². The van der Waals surface area contributed by atoms with E-state index in [-0.39, 0.29) is 24.0 Å². The van der Waals surface area contributed by atoms with E-state index in [9.17, 15) is 14.4 Å². The minimum absolute atomic E-state index is 0.143. The van der Waals surface area contributed by atoms with Crippen LogP contribution in [-0.4, -0.2) is 28.4 Å². The number of allylic oxidation sites excluding steroid dienone is 1. The molecule has 3 saturated carbocycles. The molecule has 0 aromatic rings. The van der Waals surface area contributed by atoms with Crippen LogP contribution in [0, 0.1) is 41.4 Å². The van der Waals surface area contributed by atoms with E-state index in [0.717, 1.165) is 38.5 Å². The van der Waals surface area contributed by atoms with Gasteiger partial charge in [-0.25, -0.2) is 0 Å². The molecule has 4 aliphatic carbocycles. The summed E-state index contributed by atoms with van der Waals surface area (Å²) >= 11 is 0. The quantitative estimate of drug-likeness (QED) is 0.574. The third-order valence-corrected chi connectivity index (χ3v) is 8.48. The number of terminal acetylenes is 1. The number of hydrogen-bond donors (Lipinski definition) is 1. The van der Waals surface area contributed by atoms with Crippen LogP contribution in [0.25, 0.3) is 0 Å². The SMILES string of the molecule is C#C[C@]1(OC(=O)CCC(=O)O)CCC2C3CCC4=CC(=O)CCC4C3CC[C@@]21C. The number of ketones is 1. The fourth-order valence-electron chi connectivity index (χ4n) is 7.07. The second kappa shape index (κ2) is 7.31. The fourth-order valence-corrected chi connectivity index (χ4v) is 7.07. The van der Waals surface area contributed by atoms with Crippen molar-refractivity contribution in [3.05, 3.63) is 11.6 Å². The predicted molar refractivity (Wildman–Crippen MR) is 107 cm³/mol. The standard InChI is InChI=1S/C24H30O5/c1-3-24(29-22(28)9-8-21(26)27)13-11-20-19-6-4-15-14-16(25)5-7-17(15)18(19)10-12-23(20,24)2/h1,14,17-20H,4-13H2,2H3,(H,26,27)/t17?,18?,19?,20?,23-,24-/m0/s1. The molecule has 0 amide bonds. The molecule has 5 heteroatoms. The lowest BCUT2D eigenvalue weighted by Crippen LogP contribution is -2.53. The third kappa shape index (κ3) is 3.21. The lowest BCUT2D eigenvalue weighted by Gasteiger charge is -2.55. The van der Waals surface area contributed by atoms with Gasteiger partial charge < -0.3 is 9.84 Å². The van der Waals surface area contributed by atoms with Crippen LogP contribution in [0.5, 0.6) is 0 Å². The van der Waals surface area contributed by atoms with E-state index in [2.05, 4.69) is 12.8 Å². The molecule has 156 valence electrons. The molecule has 0 spiro atoms. The van der Waals surface area contributed by atoms with Gasteiger partial charge >= 0.3 is 11.9 Å². The highest BCUT2D eigenvalue weighted by atomic mass is 16.6. The highest BCUT2D eigenvalue weighted by molar-refractivity contribution is 5.91. The van der Waals surface area contributed by atoms with Gasteiger partial charge in [-0.2, -0.15) is 0 Å². The number of esters is 1. The smallest absolute Gasteiger partial charge is 0.307 e. The average molecular weight is 398 g/mol. The Kier molecular flexibility index (Phi) is 5.09. The molecule has 0 bridgehead atoms. The van der Waals surface area contributed by atoms with E-state index < -0.39 is 17.5 Å². The summed E-state index contributed by atoms with van der Waals surface area (Å²) in [5.41, 5.74) is 0.150. The van der Waals surface area contributed by atoms with Crippen molar-refractivity contribution in [2.75, 3.05) is 0 Å². The molecular weight excluding hydrogens is 368 g/mol. The second-order valence-corrected chi connectivity index (χ2v) is 9.64. The Morgan fingerprint density at radius 2 is 1.97 bits per heavy atom. The van der Waals surface area contributed by atoms with Gasteiger partial charge in [-0.05, 0) is 74.7 Å². The maximum absolute atomic E-state index is 12.4. The zero-order chi connectivity index (χ0) is 20.8. The minimum atomic E-state index is -1.01. The number of carbonyl (C=O) groups is 3. The van der Waals surface area contributed by atoms with Gasteiger partial charge in [0, 0.05) is 11.8 Å². The van der Waals surface area contributed by atoms with Gasteiger partial charge in [-0.3, -0.25) is 14.4 Å². The van der Waals surface area contributed by atoms with E-state index in [1.807, 2.05) is 6.08 Å². The van der Waals surface area contributed by atoms with Crippen LogP contribution in [0.4, 0.5) is 0 Å².